The lowest BCUT2D eigenvalue weighted by molar-refractivity contribution is -0.117. The molecule has 0 heterocycles. The van der Waals surface area contributed by atoms with Gasteiger partial charge in [0.05, 0.1) is 0 Å². The number of hydrogen-bond acceptors (Lipinski definition) is 2. The van der Waals surface area contributed by atoms with Gasteiger partial charge in [-0.25, -0.2) is 0 Å². The highest BCUT2D eigenvalue weighted by atomic mass is 16.2. The number of carbonyl (C=O) groups excluding carboxylic acids is 2. The van der Waals surface area contributed by atoms with Crippen LogP contribution in [0.4, 0.5) is 0 Å². The van der Waals surface area contributed by atoms with Gasteiger partial charge in [0.1, 0.15) is 0 Å². The highest BCUT2D eigenvalue weighted by Gasteiger charge is 1.93. The van der Waals surface area contributed by atoms with Crippen LogP contribution in [-0.4, -0.2) is 24.9 Å². The van der Waals surface area contributed by atoms with Crippen molar-refractivity contribution in [3.05, 3.63) is 35.5 Å². The first-order chi connectivity index (χ1) is 8.41. The molecule has 0 aromatic carbocycles. The summed E-state index contributed by atoms with van der Waals surface area (Å²) in [7, 11) is 0. The molecular formula is C14H22N2O2. The lowest BCUT2D eigenvalue weighted by Crippen LogP contribution is -2.23. The normalized spacial score (nSPS) is 9.78. The van der Waals surface area contributed by atoms with Crippen LogP contribution in [0.2, 0.25) is 0 Å². The van der Waals surface area contributed by atoms with Crippen molar-refractivity contribution in [2.45, 2.75) is 27.7 Å². The van der Waals surface area contributed by atoms with E-state index in [1.54, 1.807) is 24.3 Å². The lowest BCUT2D eigenvalue weighted by Gasteiger charge is -1.99. The van der Waals surface area contributed by atoms with E-state index in [4.69, 9.17) is 0 Å². The van der Waals surface area contributed by atoms with Crippen LogP contribution < -0.4 is 10.6 Å². The molecule has 100 valence electrons. The lowest BCUT2D eigenvalue weighted by atomic mass is 10.3. The quantitative estimate of drug-likeness (QED) is 0.557. The third-order valence-electron chi connectivity index (χ3n) is 1.79. The molecule has 0 aliphatic heterocycles. The third kappa shape index (κ3) is 10.7. The van der Waals surface area contributed by atoms with Crippen LogP contribution in [0.15, 0.2) is 35.5 Å². The summed E-state index contributed by atoms with van der Waals surface area (Å²) in [6.07, 6.45) is 6.70. The molecule has 0 aromatic rings. The Morgan fingerprint density at radius 3 is 1.39 bits per heavy atom. The van der Waals surface area contributed by atoms with E-state index >= 15 is 0 Å². The highest BCUT2D eigenvalue weighted by molar-refractivity contribution is 5.88. The van der Waals surface area contributed by atoms with Gasteiger partial charge < -0.3 is 10.6 Å². The van der Waals surface area contributed by atoms with Gasteiger partial charge in [0.25, 0.3) is 0 Å². The SMILES string of the molecule is CC(C)=CC(=O)NCC=CCNC(=O)C=C(C)C. The number of nitrogens with one attached hydrogen (secondary N) is 2. The van der Waals surface area contributed by atoms with Gasteiger partial charge in [0.2, 0.25) is 11.8 Å². The van der Waals surface area contributed by atoms with E-state index in [0.717, 1.165) is 11.1 Å². The first-order valence-electron chi connectivity index (χ1n) is 5.92. The Balaban J connectivity index is 3.74. The number of carbonyl (C=O) groups is 2. The zero-order chi connectivity index (χ0) is 14.0. The topological polar surface area (TPSA) is 58.2 Å². The Labute approximate surface area is 109 Å². The van der Waals surface area contributed by atoms with E-state index in [2.05, 4.69) is 10.6 Å². The van der Waals surface area contributed by atoms with Crippen LogP contribution in [0.25, 0.3) is 0 Å². The Morgan fingerprint density at radius 1 is 0.778 bits per heavy atom. The summed E-state index contributed by atoms with van der Waals surface area (Å²) >= 11 is 0. The van der Waals surface area contributed by atoms with E-state index in [1.807, 2.05) is 27.7 Å². The van der Waals surface area contributed by atoms with Crippen molar-refractivity contribution in [3.63, 3.8) is 0 Å². The third-order valence-corrected chi connectivity index (χ3v) is 1.79. The van der Waals surface area contributed by atoms with Crippen molar-refractivity contribution in [2.24, 2.45) is 0 Å². The van der Waals surface area contributed by atoms with Crippen molar-refractivity contribution in [1.82, 2.24) is 10.6 Å². The molecule has 0 aromatic heterocycles. The van der Waals surface area contributed by atoms with E-state index < -0.39 is 0 Å². The maximum absolute atomic E-state index is 11.2. The fourth-order valence-electron chi connectivity index (χ4n) is 1.11. The zero-order valence-corrected chi connectivity index (χ0v) is 11.5. The molecule has 0 aliphatic carbocycles. The molecule has 0 bridgehead atoms. The smallest absolute Gasteiger partial charge is 0.244 e. The predicted octanol–water partition coefficient (Wildman–Crippen LogP) is 1.71. The maximum atomic E-state index is 11.2. The minimum Gasteiger partial charge on any atom is -0.349 e. The molecular weight excluding hydrogens is 228 g/mol. The molecule has 0 aliphatic rings. The predicted molar refractivity (Wildman–Crippen MR) is 74.0 cm³/mol. The Bertz CT molecular complexity index is 335. The van der Waals surface area contributed by atoms with Gasteiger partial charge in [-0.1, -0.05) is 23.3 Å². The molecule has 4 heteroatoms. The number of amides is 2. The summed E-state index contributed by atoms with van der Waals surface area (Å²) < 4.78 is 0. The van der Waals surface area contributed by atoms with Crippen LogP contribution >= 0.6 is 0 Å². The van der Waals surface area contributed by atoms with E-state index in [1.165, 1.54) is 0 Å². The first kappa shape index (κ1) is 16.2. The summed E-state index contributed by atoms with van der Waals surface area (Å²) in [6.45, 7) is 8.40. The fraction of sp³-hybridized carbons (Fsp3) is 0.429. The molecule has 0 atom stereocenters. The van der Waals surface area contributed by atoms with Gasteiger partial charge >= 0.3 is 0 Å². The van der Waals surface area contributed by atoms with Gasteiger partial charge in [0, 0.05) is 25.2 Å². The van der Waals surface area contributed by atoms with Crippen LogP contribution in [0, 0.1) is 0 Å². The monoisotopic (exact) mass is 250 g/mol. The molecule has 0 saturated carbocycles. The van der Waals surface area contributed by atoms with Crippen molar-refractivity contribution >= 4 is 11.8 Å². The molecule has 2 N–H and O–H groups in total. The van der Waals surface area contributed by atoms with Gasteiger partial charge in [-0.3, -0.25) is 9.59 Å². The van der Waals surface area contributed by atoms with E-state index in [-0.39, 0.29) is 11.8 Å². The molecule has 0 rings (SSSR count). The second kappa shape index (κ2) is 9.22. The largest absolute Gasteiger partial charge is 0.349 e. The fourth-order valence-corrected chi connectivity index (χ4v) is 1.11. The summed E-state index contributed by atoms with van der Waals surface area (Å²) in [5.41, 5.74) is 1.93. The molecule has 0 unspecified atom stereocenters. The minimum atomic E-state index is -0.103. The highest BCUT2D eigenvalue weighted by Crippen LogP contribution is 1.87. The number of hydrogen-bond donors (Lipinski definition) is 2. The number of rotatable bonds is 6. The maximum Gasteiger partial charge on any atom is 0.244 e. The number of allylic oxidation sites excluding steroid dienone is 2. The minimum absolute atomic E-state index is 0.103. The molecule has 0 fully saturated rings. The van der Waals surface area contributed by atoms with E-state index in [0.29, 0.717) is 13.1 Å². The average molecular weight is 250 g/mol. The van der Waals surface area contributed by atoms with Crippen molar-refractivity contribution in [2.75, 3.05) is 13.1 Å². The van der Waals surface area contributed by atoms with E-state index in [9.17, 15) is 9.59 Å². The average Bonchev–Trinajstić information content (AvgIpc) is 2.20. The van der Waals surface area contributed by atoms with Crippen molar-refractivity contribution in [1.29, 1.82) is 0 Å². The van der Waals surface area contributed by atoms with Crippen molar-refractivity contribution < 1.29 is 9.59 Å². The van der Waals surface area contributed by atoms with Crippen LogP contribution in [0.5, 0.6) is 0 Å². The van der Waals surface area contributed by atoms with Gasteiger partial charge in [-0.2, -0.15) is 0 Å². The molecule has 2 amide bonds. The van der Waals surface area contributed by atoms with Crippen LogP contribution in [0.1, 0.15) is 27.7 Å². The summed E-state index contributed by atoms with van der Waals surface area (Å²) in [5, 5.41) is 5.42. The Hall–Kier alpha value is -1.84. The van der Waals surface area contributed by atoms with Gasteiger partial charge in [0.15, 0.2) is 0 Å². The first-order valence-corrected chi connectivity index (χ1v) is 5.92. The molecule has 4 nitrogen and oxygen atoms in total. The van der Waals surface area contributed by atoms with Gasteiger partial charge in [-0.15, -0.1) is 0 Å². The Morgan fingerprint density at radius 2 is 1.11 bits per heavy atom. The summed E-state index contributed by atoms with van der Waals surface area (Å²) in [5.74, 6) is -0.207. The summed E-state index contributed by atoms with van der Waals surface area (Å²) in [6, 6.07) is 0. The second-order valence-corrected chi connectivity index (χ2v) is 4.41. The molecule has 0 radical (unpaired) electrons. The molecule has 0 saturated heterocycles. The van der Waals surface area contributed by atoms with Crippen LogP contribution in [-0.2, 0) is 9.59 Å². The summed E-state index contributed by atoms with van der Waals surface area (Å²) in [4.78, 5) is 22.4. The molecule has 18 heavy (non-hydrogen) atoms. The standard InChI is InChI=1S/C14H22N2O2/c1-11(2)9-13(17)15-7-5-6-8-16-14(18)10-12(3)4/h5-6,9-10H,7-8H2,1-4H3,(H,15,17)(H,16,18). The second-order valence-electron chi connectivity index (χ2n) is 4.41. The van der Waals surface area contributed by atoms with Gasteiger partial charge in [-0.05, 0) is 27.7 Å². The van der Waals surface area contributed by atoms with Crippen LogP contribution in [0.3, 0.4) is 0 Å². The zero-order valence-electron chi connectivity index (χ0n) is 11.5. The van der Waals surface area contributed by atoms with Crippen molar-refractivity contribution in [3.8, 4) is 0 Å². The Kier molecular flexibility index (Phi) is 8.27. The molecule has 0 spiro atoms.